The number of hydrogen-bond acceptors (Lipinski definition) is 3. The molecule has 2 aromatic heterocycles. The lowest BCUT2D eigenvalue weighted by Crippen LogP contribution is -2.32. The van der Waals surface area contributed by atoms with Crippen molar-refractivity contribution in [3.63, 3.8) is 0 Å². The molecule has 2 aromatic rings. The Balaban J connectivity index is 2.04. The predicted molar refractivity (Wildman–Crippen MR) is 73.2 cm³/mol. The van der Waals surface area contributed by atoms with Gasteiger partial charge < -0.3 is 5.32 Å². The Hall–Kier alpha value is -2.17. The van der Waals surface area contributed by atoms with Gasteiger partial charge in [-0.05, 0) is 25.5 Å². The third-order valence-electron chi connectivity index (χ3n) is 2.88. The highest BCUT2D eigenvalue weighted by Crippen LogP contribution is 2.06. The Morgan fingerprint density at radius 2 is 2.32 bits per heavy atom. The molecule has 0 aliphatic rings. The molecule has 5 nitrogen and oxygen atoms in total. The van der Waals surface area contributed by atoms with Crippen molar-refractivity contribution in [1.29, 1.82) is 0 Å². The molecule has 0 radical (unpaired) electrons. The number of hydrogen-bond donors (Lipinski definition) is 1. The second-order valence-corrected chi connectivity index (χ2v) is 4.54. The molecule has 0 aromatic carbocycles. The van der Waals surface area contributed by atoms with Crippen LogP contribution in [0, 0.1) is 0 Å². The highest BCUT2D eigenvalue weighted by Gasteiger charge is 2.09. The van der Waals surface area contributed by atoms with Crippen LogP contribution < -0.4 is 5.32 Å². The van der Waals surface area contributed by atoms with Crippen molar-refractivity contribution in [2.24, 2.45) is 0 Å². The van der Waals surface area contributed by atoms with Gasteiger partial charge in [0.05, 0.1) is 5.56 Å². The van der Waals surface area contributed by atoms with E-state index in [1.165, 1.54) is 0 Å². The van der Waals surface area contributed by atoms with E-state index in [0.717, 1.165) is 18.7 Å². The number of nitrogens with one attached hydrogen (secondary N) is 1. The van der Waals surface area contributed by atoms with Crippen molar-refractivity contribution < 1.29 is 4.79 Å². The summed E-state index contributed by atoms with van der Waals surface area (Å²) in [5.41, 5.74) is 0.576. The van der Waals surface area contributed by atoms with Gasteiger partial charge in [0.2, 0.25) is 0 Å². The van der Waals surface area contributed by atoms with Gasteiger partial charge in [-0.2, -0.15) is 0 Å². The maximum Gasteiger partial charge on any atom is 0.253 e. The molecule has 1 atom stereocenters. The monoisotopic (exact) mass is 258 g/mol. The Kier molecular flexibility index (Phi) is 4.28. The summed E-state index contributed by atoms with van der Waals surface area (Å²) in [5, 5.41) is 2.95. The van der Waals surface area contributed by atoms with Crippen LogP contribution in [0.3, 0.4) is 0 Å². The number of nitrogens with zero attached hydrogens (tertiary/aromatic N) is 3. The first kappa shape index (κ1) is 13.3. The Bertz CT molecular complexity index is 519. The molecule has 0 aliphatic carbocycles. The SMILES string of the molecule is CCC[C@@H](C)NC(=O)c1ccc(-n2ccnc2)nc1. The van der Waals surface area contributed by atoms with Crippen molar-refractivity contribution in [2.45, 2.75) is 32.7 Å². The van der Waals surface area contributed by atoms with Gasteiger partial charge in [0.1, 0.15) is 12.1 Å². The van der Waals surface area contributed by atoms with Gasteiger partial charge in [0.15, 0.2) is 0 Å². The van der Waals surface area contributed by atoms with Gasteiger partial charge in [-0.1, -0.05) is 13.3 Å². The summed E-state index contributed by atoms with van der Waals surface area (Å²) in [4.78, 5) is 20.2. The molecule has 19 heavy (non-hydrogen) atoms. The van der Waals surface area contributed by atoms with Gasteiger partial charge in [-0.25, -0.2) is 9.97 Å². The van der Waals surface area contributed by atoms with Crippen molar-refractivity contribution in [3.05, 3.63) is 42.6 Å². The van der Waals surface area contributed by atoms with E-state index in [2.05, 4.69) is 22.2 Å². The van der Waals surface area contributed by atoms with Gasteiger partial charge in [0, 0.05) is 24.6 Å². The molecule has 0 bridgehead atoms. The largest absolute Gasteiger partial charge is 0.350 e. The molecule has 0 saturated carbocycles. The van der Waals surface area contributed by atoms with Crippen LogP contribution in [0.15, 0.2) is 37.1 Å². The van der Waals surface area contributed by atoms with Gasteiger partial charge in [-0.15, -0.1) is 0 Å². The lowest BCUT2D eigenvalue weighted by atomic mass is 10.2. The Labute approximate surface area is 112 Å². The summed E-state index contributed by atoms with van der Waals surface area (Å²) >= 11 is 0. The van der Waals surface area contributed by atoms with E-state index >= 15 is 0 Å². The fourth-order valence-electron chi connectivity index (χ4n) is 1.88. The normalized spacial score (nSPS) is 12.1. The lowest BCUT2D eigenvalue weighted by molar-refractivity contribution is 0.0938. The van der Waals surface area contributed by atoms with Gasteiger partial charge >= 0.3 is 0 Å². The summed E-state index contributed by atoms with van der Waals surface area (Å²) < 4.78 is 1.79. The molecule has 2 rings (SSSR count). The second-order valence-electron chi connectivity index (χ2n) is 4.54. The number of carbonyl (C=O) groups excluding carboxylic acids is 1. The van der Waals surface area contributed by atoms with E-state index < -0.39 is 0 Å². The highest BCUT2D eigenvalue weighted by atomic mass is 16.1. The smallest absolute Gasteiger partial charge is 0.253 e. The summed E-state index contributed by atoms with van der Waals surface area (Å²) in [6.07, 6.45) is 8.79. The fourth-order valence-corrected chi connectivity index (χ4v) is 1.88. The van der Waals surface area contributed by atoms with Crippen LogP contribution in [0.5, 0.6) is 0 Å². The van der Waals surface area contributed by atoms with Crippen molar-refractivity contribution >= 4 is 5.91 Å². The first-order chi connectivity index (χ1) is 9.20. The van der Waals surface area contributed by atoms with E-state index in [4.69, 9.17) is 0 Å². The van der Waals surface area contributed by atoms with Crippen LogP contribution in [-0.4, -0.2) is 26.5 Å². The van der Waals surface area contributed by atoms with E-state index in [-0.39, 0.29) is 11.9 Å². The average Bonchev–Trinajstić information content (AvgIpc) is 2.93. The third kappa shape index (κ3) is 3.40. The summed E-state index contributed by atoms with van der Waals surface area (Å²) in [5.74, 6) is 0.668. The molecule has 0 unspecified atom stereocenters. The van der Waals surface area contributed by atoms with Crippen LogP contribution in [0.2, 0.25) is 0 Å². The van der Waals surface area contributed by atoms with Gasteiger partial charge in [0.25, 0.3) is 5.91 Å². The molecule has 0 saturated heterocycles. The topological polar surface area (TPSA) is 59.8 Å². The second kappa shape index (κ2) is 6.13. The van der Waals surface area contributed by atoms with Crippen molar-refractivity contribution in [3.8, 4) is 5.82 Å². The molecule has 0 spiro atoms. The third-order valence-corrected chi connectivity index (χ3v) is 2.88. The minimum atomic E-state index is -0.0781. The Morgan fingerprint density at radius 1 is 1.47 bits per heavy atom. The summed E-state index contributed by atoms with van der Waals surface area (Å²) in [6, 6.07) is 3.77. The molecule has 5 heteroatoms. The fraction of sp³-hybridized carbons (Fsp3) is 0.357. The summed E-state index contributed by atoms with van der Waals surface area (Å²) in [6.45, 7) is 4.11. The number of aromatic nitrogens is 3. The lowest BCUT2D eigenvalue weighted by Gasteiger charge is -2.12. The van der Waals surface area contributed by atoms with E-state index in [1.54, 1.807) is 35.4 Å². The molecule has 0 aliphatic heterocycles. The van der Waals surface area contributed by atoms with Crippen molar-refractivity contribution in [1.82, 2.24) is 19.9 Å². The van der Waals surface area contributed by atoms with Crippen LogP contribution in [0.4, 0.5) is 0 Å². The van der Waals surface area contributed by atoms with Crippen LogP contribution in [0.1, 0.15) is 37.0 Å². The number of rotatable bonds is 5. The van der Waals surface area contributed by atoms with E-state index in [1.807, 2.05) is 13.1 Å². The molecule has 1 N–H and O–H groups in total. The molecular formula is C14H18N4O. The first-order valence-corrected chi connectivity index (χ1v) is 6.46. The Morgan fingerprint density at radius 3 is 2.89 bits per heavy atom. The quantitative estimate of drug-likeness (QED) is 0.894. The first-order valence-electron chi connectivity index (χ1n) is 6.46. The number of amides is 1. The average molecular weight is 258 g/mol. The van der Waals surface area contributed by atoms with Crippen LogP contribution in [0.25, 0.3) is 5.82 Å². The van der Waals surface area contributed by atoms with E-state index in [0.29, 0.717) is 5.56 Å². The van der Waals surface area contributed by atoms with Crippen molar-refractivity contribution in [2.75, 3.05) is 0 Å². The van der Waals surface area contributed by atoms with Gasteiger partial charge in [-0.3, -0.25) is 9.36 Å². The van der Waals surface area contributed by atoms with Crippen LogP contribution in [-0.2, 0) is 0 Å². The highest BCUT2D eigenvalue weighted by molar-refractivity contribution is 5.94. The number of carbonyl (C=O) groups is 1. The van der Waals surface area contributed by atoms with E-state index in [9.17, 15) is 4.79 Å². The molecule has 2 heterocycles. The maximum absolute atomic E-state index is 12.0. The minimum Gasteiger partial charge on any atom is -0.350 e. The minimum absolute atomic E-state index is 0.0781. The van der Waals surface area contributed by atoms with Crippen LogP contribution >= 0.6 is 0 Å². The summed E-state index contributed by atoms with van der Waals surface area (Å²) in [7, 11) is 0. The zero-order valence-corrected chi connectivity index (χ0v) is 11.2. The zero-order valence-electron chi connectivity index (χ0n) is 11.2. The number of imidazole rings is 1. The molecule has 1 amide bonds. The predicted octanol–water partition coefficient (Wildman–Crippen LogP) is 2.19. The molecule has 100 valence electrons. The molecule has 0 fully saturated rings. The standard InChI is InChI=1S/C14H18N4O/c1-3-4-11(2)17-14(19)12-5-6-13(16-9-12)18-8-7-15-10-18/h5-11H,3-4H2,1-2H3,(H,17,19)/t11-/m1/s1. The number of pyridine rings is 1. The maximum atomic E-state index is 12.0. The zero-order chi connectivity index (χ0) is 13.7. The molecular weight excluding hydrogens is 240 g/mol.